The molecule has 0 spiro atoms. The molecule has 1 amide bonds. The summed E-state index contributed by atoms with van der Waals surface area (Å²) in [5.74, 6) is 1.32. The highest BCUT2D eigenvalue weighted by Gasteiger charge is 2.24. The van der Waals surface area contributed by atoms with E-state index in [1.165, 1.54) is 19.3 Å². The van der Waals surface area contributed by atoms with Gasteiger partial charge in [0, 0.05) is 26.3 Å². The van der Waals surface area contributed by atoms with Gasteiger partial charge in [0.15, 0.2) is 0 Å². The Morgan fingerprint density at radius 1 is 1.40 bits per heavy atom. The number of nitrogens with one attached hydrogen (secondary N) is 1. The second kappa shape index (κ2) is 6.70. The van der Waals surface area contributed by atoms with Gasteiger partial charge >= 0.3 is 0 Å². The third kappa shape index (κ3) is 3.48. The van der Waals surface area contributed by atoms with Crippen LogP contribution in [0.25, 0.3) is 0 Å². The van der Waals surface area contributed by atoms with Crippen molar-refractivity contribution in [2.45, 2.75) is 31.7 Å². The van der Waals surface area contributed by atoms with Gasteiger partial charge in [0.25, 0.3) is 5.91 Å². The average molecular weight is 276 g/mol. The molecule has 0 radical (unpaired) electrons. The number of anilines is 1. The Morgan fingerprint density at radius 3 is 2.75 bits per heavy atom. The second-order valence-corrected chi connectivity index (χ2v) is 5.66. The molecule has 5 nitrogen and oxygen atoms in total. The van der Waals surface area contributed by atoms with Crippen LogP contribution in [-0.2, 0) is 0 Å². The topological polar surface area (TPSA) is 71.2 Å². The van der Waals surface area contributed by atoms with E-state index in [9.17, 15) is 4.79 Å². The van der Waals surface area contributed by atoms with E-state index in [-0.39, 0.29) is 5.91 Å². The van der Waals surface area contributed by atoms with Crippen LogP contribution >= 0.6 is 0 Å². The number of nitrogens with two attached hydrogens (primary N) is 1. The minimum Gasteiger partial charge on any atom is -0.367 e. The Labute approximate surface area is 120 Å². The van der Waals surface area contributed by atoms with Gasteiger partial charge in [-0.05, 0) is 37.4 Å². The Balaban J connectivity index is 2.01. The summed E-state index contributed by atoms with van der Waals surface area (Å²) in [7, 11) is 3.48. The van der Waals surface area contributed by atoms with E-state index in [0.29, 0.717) is 17.5 Å². The van der Waals surface area contributed by atoms with Crippen molar-refractivity contribution in [2.24, 2.45) is 11.7 Å². The summed E-state index contributed by atoms with van der Waals surface area (Å²) in [4.78, 5) is 17.7. The van der Waals surface area contributed by atoms with Crippen molar-refractivity contribution in [3.63, 3.8) is 0 Å². The first-order valence-electron chi connectivity index (χ1n) is 7.26. The number of pyridine rings is 1. The minimum atomic E-state index is -0.0263. The van der Waals surface area contributed by atoms with Crippen LogP contribution in [0.3, 0.4) is 0 Å². The van der Waals surface area contributed by atoms with Crippen molar-refractivity contribution in [1.29, 1.82) is 0 Å². The molecule has 0 saturated heterocycles. The quantitative estimate of drug-likeness (QED) is 0.878. The Morgan fingerprint density at radius 2 is 2.15 bits per heavy atom. The maximum Gasteiger partial charge on any atom is 0.254 e. The average Bonchev–Trinajstić information content (AvgIpc) is 2.48. The van der Waals surface area contributed by atoms with Gasteiger partial charge < -0.3 is 16.0 Å². The molecule has 0 bridgehead atoms. The van der Waals surface area contributed by atoms with E-state index in [4.69, 9.17) is 5.73 Å². The molecule has 2 atom stereocenters. The van der Waals surface area contributed by atoms with Crippen LogP contribution in [0.4, 0.5) is 5.82 Å². The number of nitrogens with zero attached hydrogens (tertiary/aromatic N) is 2. The highest BCUT2D eigenvalue weighted by molar-refractivity contribution is 5.93. The molecular formula is C15H24N4O. The first kappa shape index (κ1) is 14.8. The lowest BCUT2D eigenvalue weighted by Crippen LogP contribution is -2.36. The monoisotopic (exact) mass is 276 g/mol. The molecule has 1 saturated carbocycles. The fraction of sp³-hybridized carbons (Fsp3) is 0.600. The van der Waals surface area contributed by atoms with Gasteiger partial charge in [-0.3, -0.25) is 4.79 Å². The second-order valence-electron chi connectivity index (χ2n) is 5.66. The van der Waals surface area contributed by atoms with Crippen LogP contribution in [0.5, 0.6) is 0 Å². The van der Waals surface area contributed by atoms with Gasteiger partial charge in [0.1, 0.15) is 5.82 Å². The van der Waals surface area contributed by atoms with E-state index < -0.39 is 0 Å². The van der Waals surface area contributed by atoms with E-state index in [2.05, 4.69) is 10.3 Å². The van der Waals surface area contributed by atoms with Crippen LogP contribution in [0.15, 0.2) is 18.3 Å². The normalized spacial score (nSPS) is 22.4. The third-order valence-electron chi connectivity index (χ3n) is 3.96. The van der Waals surface area contributed by atoms with Gasteiger partial charge in [-0.25, -0.2) is 4.98 Å². The summed E-state index contributed by atoms with van der Waals surface area (Å²) in [5.41, 5.74) is 6.44. The van der Waals surface area contributed by atoms with Crippen molar-refractivity contribution in [1.82, 2.24) is 9.88 Å². The Kier molecular flexibility index (Phi) is 4.95. The number of amides is 1. The van der Waals surface area contributed by atoms with Crippen LogP contribution in [0.1, 0.15) is 36.0 Å². The molecule has 2 rings (SSSR count). The number of rotatable bonds is 4. The van der Waals surface area contributed by atoms with Gasteiger partial charge in [0.05, 0.1) is 5.56 Å². The molecular weight excluding hydrogens is 252 g/mol. The fourth-order valence-corrected chi connectivity index (χ4v) is 2.73. The molecule has 2 unspecified atom stereocenters. The zero-order valence-electron chi connectivity index (χ0n) is 12.3. The lowest BCUT2D eigenvalue weighted by Gasteiger charge is -2.31. The lowest BCUT2D eigenvalue weighted by molar-refractivity contribution is 0.0827. The van der Waals surface area contributed by atoms with Gasteiger partial charge in [-0.15, -0.1) is 0 Å². The SMILES string of the molecule is CN(C)C(=O)c1ccc(NC2CCCCC2CN)nc1. The molecule has 1 aliphatic rings. The van der Waals surface area contributed by atoms with Crippen molar-refractivity contribution in [3.8, 4) is 0 Å². The van der Waals surface area contributed by atoms with Gasteiger partial charge in [-0.2, -0.15) is 0 Å². The zero-order chi connectivity index (χ0) is 14.5. The molecule has 110 valence electrons. The van der Waals surface area contributed by atoms with Gasteiger partial charge in [-0.1, -0.05) is 12.8 Å². The number of carbonyl (C=O) groups excluding carboxylic acids is 1. The molecule has 0 aliphatic heterocycles. The van der Waals surface area contributed by atoms with E-state index in [1.54, 1.807) is 25.2 Å². The smallest absolute Gasteiger partial charge is 0.254 e. The van der Waals surface area contributed by atoms with E-state index in [1.807, 2.05) is 12.1 Å². The Hall–Kier alpha value is -1.62. The molecule has 1 fully saturated rings. The predicted octanol–water partition coefficient (Wildman–Crippen LogP) is 1.71. The van der Waals surface area contributed by atoms with Crippen molar-refractivity contribution in [2.75, 3.05) is 26.0 Å². The Bertz CT molecular complexity index is 444. The van der Waals surface area contributed by atoms with Crippen LogP contribution in [0, 0.1) is 5.92 Å². The maximum atomic E-state index is 11.8. The van der Waals surface area contributed by atoms with Crippen LogP contribution < -0.4 is 11.1 Å². The number of aromatic nitrogens is 1. The van der Waals surface area contributed by atoms with Crippen molar-refractivity contribution < 1.29 is 4.79 Å². The standard InChI is InChI=1S/C15H24N4O/c1-19(2)15(20)12-7-8-14(17-10-12)18-13-6-4-3-5-11(13)9-16/h7-8,10-11,13H,3-6,9,16H2,1-2H3,(H,17,18). The molecule has 1 heterocycles. The highest BCUT2D eigenvalue weighted by atomic mass is 16.2. The maximum absolute atomic E-state index is 11.8. The van der Waals surface area contributed by atoms with Crippen LogP contribution in [0.2, 0.25) is 0 Å². The summed E-state index contributed by atoms with van der Waals surface area (Å²) >= 11 is 0. The first-order chi connectivity index (χ1) is 9.61. The van der Waals surface area contributed by atoms with E-state index in [0.717, 1.165) is 18.8 Å². The van der Waals surface area contributed by atoms with Crippen molar-refractivity contribution >= 4 is 11.7 Å². The molecule has 1 aromatic rings. The van der Waals surface area contributed by atoms with Crippen molar-refractivity contribution in [3.05, 3.63) is 23.9 Å². The molecule has 1 aromatic heterocycles. The molecule has 1 aliphatic carbocycles. The molecule has 3 N–H and O–H groups in total. The summed E-state index contributed by atoms with van der Waals surface area (Å²) in [6, 6.07) is 4.09. The molecule has 5 heteroatoms. The fourth-order valence-electron chi connectivity index (χ4n) is 2.73. The summed E-state index contributed by atoms with van der Waals surface area (Å²) in [6.07, 6.45) is 6.47. The number of hydrogen-bond acceptors (Lipinski definition) is 4. The molecule has 20 heavy (non-hydrogen) atoms. The largest absolute Gasteiger partial charge is 0.367 e. The summed E-state index contributed by atoms with van der Waals surface area (Å²) < 4.78 is 0. The predicted molar refractivity (Wildman–Crippen MR) is 80.7 cm³/mol. The number of carbonyl (C=O) groups is 1. The lowest BCUT2D eigenvalue weighted by atomic mass is 9.84. The number of hydrogen-bond donors (Lipinski definition) is 2. The minimum absolute atomic E-state index is 0.0263. The highest BCUT2D eigenvalue weighted by Crippen LogP contribution is 2.26. The summed E-state index contributed by atoms with van der Waals surface area (Å²) in [5, 5.41) is 3.46. The van der Waals surface area contributed by atoms with Gasteiger partial charge in [0.2, 0.25) is 0 Å². The van der Waals surface area contributed by atoms with Crippen LogP contribution in [-0.4, -0.2) is 42.5 Å². The molecule has 0 aromatic carbocycles. The van der Waals surface area contributed by atoms with E-state index >= 15 is 0 Å². The summed E-state index contributed by atoms with van der Waals surface area (Å²) in [6.45, 7) is 0.717. The third-order valence-corrected chi connectivity index (χ3v) is 3.96. The zero-order valence-corrected chi connectivity index (χ0v) is 12.3. The first-order valence-corrected chi connectivity index (χ1v) is 7.26.